The fraction of sp³-hybridized carbons (Fsp3) is 0.478. The molecule has 0 aliphatic rings. The van der Waals surface area contributed by atoms with E-state index in [4.69, 9.17) is 0 Å². The summed E-state index contributed by atoms with van der Waals surface area (Å²) in [5.41, 5.74) is 2.45. The second-order valence-corrected chi connectivity index (χ2v) is 7.97. The molecule has 7 nitrogen and oxygen atoms in total. The summed E-state index contributed by atoms with van der Waals surface area (Å²) in [5, 5.41) is 6.36. The lowest BCUT2D eigenvalue weighted by molar-refractivity contribution is -0.115. The van der Waals surface area contributed by atoms with E-state index in [0.29, 0.717) is 31.9 Å². The topological polar surface area (TPSA) is 87.2 Å². The molecule has 0 bridgehead atoms. The van der Waals surface area contributed by atoms with Gasteiger partial charge in [0.25, 0.3) is 5.91 Å². The zero-order chi connectivity index (χ0) is 22.1. The van der Waals surface area contributed by atoms with Gasteiger partial charge in [-0.15, -0.1) is 0 Å². The zero-order valence-corrected chi connectivity index (χ0v) is 18.7. The number of hydrogen-bond donors (Lipinski definition) is 2. The van der Waals surface area contributed by atoms with E-state index >= 15 is 0 Å². The van der Waals surface area contributed by atoms with Crippen LogP contribution in [0.1, 0.15) is 54.5 Å². The number of rotatable bonds is 11. The molecule has 30 heavy (non-hydrogen) atoms. The van der Waals surface area contributed by atoms with Gasteiger partial charge in [0.2, 0.25) is 0 Å². The molecule has 2 N–H and O–H groups in total. The van der Waals surface area contributed by atoms with Crippen LogP contribution in [0, 0.1) is 6.92 Å². The van der Waals surface area contributed by atoms with E-state index in [1.54, 1.807) is 13.8 Å². The number of aryl methyl sites for hydroxylation is 2. The number of likely N-dealkylation sites (N-methyl/N-ethyl adjacent to an activating group) is 1. The molecule has 0 radical (unpaired) electrons. The third-order valence-corrected chi connectivity index (χ3v) is 4.95. The Morgan fingerprint density at radius 2 is 1.93 bits per heavy atom. The van der Waals surface area contributed by atoms with E-state index < -0.39 is 5.54 Å². The fourth-order valence-corrected chi connectivity index (χ4v) is 3.06. The Bertz CT molecular complexity index is 849. The van der Waals surface area contributed by atoms with Crippen LogP contribution in [0.2, 0.25) is 0 Å². The minimum atomic E-state index is -0.928. The van der Waals surface area contributed by atoms with Crippen LogP contribution in [0.3, 0.4) is 0 Å². The van der Waals surface area contributed by atoms with Gasteiger partial charge >= 0.3 is 0 Å². The number of carbonyl (C=O) groups excluding carboxylic acids is 2. The van der Waals surface area contributed by atoms with Crippen molar-refractivity contribution in [3.05, 3.63) is 53.0 Å². The monoisotopic (exact) mass is 411 g/mol. The summed E-state index contributed by atoms with van der Waals surface area (Å²) >= 11 is 0. The first-order valence-corrected chi connectivity index (χ1v) is 10.4. The van der Waals surface area contributed by atoms with E-state index in [-0.39, 0.29) is 11.6 Å². The fourth-order valence-electron chi connectivity index (χ4n) is 3.06. The van der Waals surface area contributed by atoms with Crippen LogP contribution >= 0.6 is 0 Å². The maximum atomic E-state index is 13.2. The van der Waals surface area contributed by atoms with E-state index in [9.17, 15) is 9.59 Å². The molecular formula is C23H33N5O2. The van der Waals surface area contributed by atoms with Crippen molar-refractivity contribution in [1.82, 2.24) is 20.2 Å². The van der Waals surface area contributed by atoms with E-state index in [0.717, 1.165) is 24.0 Å². The number of carbonyl (C=O) groups is 2. The first kappa shape index (κ1) is 23.5. The van der Waals surface area contributed by atoms with Crippen LogP contribution in [-0.4, -0.2) is 52.7 Å². The molecule has 0 aliphatic heterocycles. The molecule has 2 aromatic rings. The highest BCUT2D eigenvalue weighted by atomic mass is 16.2. The molecule has 0 atom stereocenters. The lowest BCUT2D eigenvalue weighted by Gasteiger charge is -2.34. The van der Waals surface area contributed by atoms with Crippen LogP contribution < -0.4 is 10.6 Å². The number of aromatic nitrogens is 2. The molecule has 1 aromatic carbocycles. The SMILES string of the molecule is CCCc1nc(C(=O)N(CCNC)C(C)(C)C=O)cnc1NCc1ccc(C)cc1. The summed E-state index contributed by atoms with van der Waals surface area (Å²) in [7, 11) is 1.81. The van der Waals surface area contributed by atoms with Crippen molar-refractivity contribution in [3.63, 3.8) is 0 Å². The Morgan fingerprint density at radius 3 is 2.53 bits per heavy atom. The van der Waals surface area contributed by atoms with Crippen molar-refractivity contribution >= 4 is 18.0 Å². The van der Waals surface area contributed by atoms with Crippen LogP contribution in [-0.2, 0) is 17.8 Å². The predicted octanol–water partition coefficient (Wildman–Crippen LogP) is 2.99. The first-order valence-electron chi connectivity index (χ1n) is 10.4. The molecule has 0 aliphatic carbocycles. The van der Waals surface area contributed by atoms with Gasteiger partial charge in [-0.05, 0) is 39.8 Å². The molecular weight excluding hydrogens is 378 g/mol. The Morgan fingerprint density at radius 1 is 1.23 bits per heavy atom. The molecule has 2 rings (SSSR count). The maximum Gasteiger partial charge on any atom is 0.274 e. The number of hydrogen-bond acceptors (Lipinski definition) is 6. The van der Waals surface area contributed by atoms with E-state index in [1.165, 1.54) is 16.7 Å². The Kier molecular flexibility index (Phi) is 8.47. The minimum Gasteiger partial charge on any atom is -0.364 e. The summed E-state index contributed by atoms with van der Waals surface area (Å²) < 4.78 is 0. The Balaban J connectivity index is 2.25. The summed E-state index contributed by atoms with van der Waals surface area (Å²) in [5.74, 6) is 0.391. The molecule has 1 amide bonds. The smallest absolute Gasteiger partial charge is 0.274 e. The van der Waals surface area contributed by atoms with Gasteiger partial charge in [0, 0.05) is 19.6 Å². The van der Waals surface area contributed by atoms with Crippen LogP contribution in [0.15, 0.2) is 30.5 Å². The molecule has 162 valence electrons. The zero-order valence-electron chi connectivity index (χ0n) is 18.7. The van der Waals surface area contributed by atoms with Gasteiger partial charge in [-0.25, -0.2) is 9.97 Å². The largest absolute Gasteiger partial charge is 0.364 e. The highest BCUT2D eigenvalue weighted by Crippen LogP contribution is 2.18. The molecule has 7 heteroatoms. The Labute approximate surface area is 179 Å². The van der Waals surface area contributed by atoms with E-state index in [2.05, 4.69) is 58.7 Å². The second-order valence-electron chi connectivity index (χ2n) is 7.97. The van der Waals surface area contributed by atoms with Gasteiger partial charge in [0.05, 0.1) is 17.4 Å². The van der Waals surface area contributed by atoms with Crippen LogP contribution in [0.25, 0.3) is 0 Å². The van der Waals surface area contributed by atoms with Crippen molar-refractivity contribution in [2.24, 2.45) is 0 Å². The summed E-state index contributed by atoms with van der Waals surface area (Å²) in [6, 6.07) is 8.31. The van der Waals surface area contributed by atoms with Crippen LogP contribution in [0.4, 0.5) is 5.82 Å². The molecule has 1 heterocycles. The lowest BCUT2D eigenvalue weighted by Crippen LogP contribution is -2.51. The number of nitrogens with zero attached hydrogens (tertiary/aromatic N) is 3. The average Bonchev–Trinajstić information content (AvgIpc) is 2.74. The maximum absolute atomic E-state index is 13.2. The molecule has 0 saturated heterocycles. The normalized spacial score (nSPS) is 11.2. The number of nitrogens with one attached hydrogen (secondary N) is 2. The standard InChI is InChI=1S/C23H33N5O2/c1-6-7-19-21(25-14-18-10-8-17(2)9-11-18)26-15-20(27-19)22(30)28(13-12-24-5)23(3,4)16-29/h8-11,15-16,24H,6-7,12-14H2,1-5H3,(H,25,26). The quantitative estimate of drug-likeness (QED) is 0.553. The van der Waals surface area contributed by atoms with Gasteiger partial charge in [-0.2, -0.15) is 0 Å². The number of aldehydes is 1. The molecule has 1 aromatic heterocycles. The van der Waals surface area contributed by atoms with Crippen molar-refractivity contribution < 1.29 is 9.59 Å². The van der Waals surface area contributed by atoms with Crippen LogP contribution in [0.5, 0.6) is 0 Å². The predicted molar refractivity (Wildman–Crippen MR) is 120 cm³/mol. The molecule has 0 fully saturated rings. The number of anilines is 1. The minimum absolute atomic E-state index is 0.255. The van der Waals surface area contributed by atoms with Gasteiger partial charge < -0.3 is 20.3 Å². The summed E-state index contributed by atoms with van der Waals surface area (Å²) in [6.07, 6.45) is 3.87. The molecule has 0 spiro atoms. The number of benzene rings is 1. The van der Waals surface area contributed by atoms with Crippen molar-refractivity contribution in [2.75, 3.05) is 25.5 Å². The lowest BCUT2D eigenvalue weighted by atomic mass is 10.0. The van der Waals surface area contributed by atoms with Gasteiger partial charge in [-0.3, -0.25) is 4.79 Å². The van der Waals surface area contributed by atoms with Gasteiger partial charge in [0.15, 0.2) is 0 Å². The van der Waals surface area contributed by atoms with Crippen molar-refractivity contribution in [1.29, 1.82) is 0 Å². The van der Waals surface area contributed by atoms with Crippen molar-refractivity contribution in [3.8, 4) is 0 Å². The summed E-state index contributed by atoms with van der Waals surface area (Å²) in [6.45, 7) is 9.19. The highest BCUT2D eigenvalue weighted by molar-refractivity contribution is 5.94. The van der Waals surface area contributed by atoms with Gasteiger partial charge in [0.1, 0.15) is 17.8 Å². The van der Waals surface area contributed by atoms with E-state index in [1.807, 2.05) is 7.05 Å². The molecule has 0 saturated carbocycles. The number of amides is 1. The second kappa shape index (κ2) is 10.8. The Hall–Kier alpha value is -2.80. The average molecular weight is 412 g/mol. The third kappa shape index (κ3) is 6.10. The molecule has 0 unspecified atom stereocenters. The third-order valence-electron chi connectivity index (χ3n) is 4.95. The first-order chi connectivity index (χ1) is 14.3. The highest BCUT2D eigenvalue weighted by Gasteiger charge is 2.32. The summed E-state index contributed by atoms with van der Waals surface area (Å²) in [4.78, 5) is 35.4. The van der Waals surface area contributed by atoms with Gasteiger partial charge in [-0.1, -0.05) is 43.2 Å². The van der Waals surface area contributed by atoms with Crippen molar-refractivity contribution in [2.45, 2.75) is 52.6 Å².